The van der Waals surface area contributed by atoms with Crippen molar-refractivity contribution in [2.45, 2.75) is 243 Å². The maximum Gasteiger partial charge on any atom is 0.344 e. The Morgan fingerprint density at radius 2 is 0.514 bits per heavy atom. The van der Waals surface area contributed by atoms with Crippen LogP contribution in [0.4, 0.5) is 0 Å². The summed E-state index contributed by atoms with van der Waals surface area (Å²) >= 11 is 0. The molecule has 8 aromatic rings. The molecule has 0 aromatic heterocycles. The van der Waals surface area contributed by atoms with Crippen LogP contribution >= 0.6 is 0 Å². The van der Waals surface area contributed by atoms with E-state index in [0.29, 0.717) is 69.6 Å². The highest BCUT2D eigenvalue weighted by Gasteiger charge is 2.66. The minimum absolute atomic E-state index is 0.0328. The first-order valence-corrected chi connectivity index (χ1v) is 50.5. The third-order valence-electron chi connectivity index (χ3n) is 36.9. The largest absolute Gasteiger partial charge is 0.508 e. The molecule has 6 N–H and O–H groups in total. The van der Waals surface area contributed by atoms with Crippen LogP contribution in [0.5, 0.6) is 34.5 Å². The van der Waals surface area contributed by atoms with Crippen molar-refractivity contribution in [3.63, 3.8) is 0 Å². The summed E-state index contributed by atoms with van der Waals surface area (Å²) in [5.74, 6) is -8.31. The van der Waals surface area contributed by atoms with Gasteiger partial charge in [0.05, 0.1) is 49.7 Å². The van der Waals surface area contributed by atoms with E-state index in [0.717, 1.165) is 128 Å². The summed E-state index contributed by atoms with van der Waals surface area (Å²) in [4.78, 5) is 114. The van der Waals surface area contributed by atoms with Crippen LogP contribution in [0.2, 0.25) is 0 Å². The molecule has 24 atom stereocenters. The predicted octanol–water partition coefficient (Wildman–Crippen LogP) is 19.8. The summed E-state index contributed by atoms with van der Waals surface area (Å²) in [6.07, 6.45) is 19.0. The first-order valence-electron chi connectivity index (χ1n) is 50.5. The number of hydrogen-bond donors (Lipinski definition) is 6. The second-order valence-corrected chi connectivity index (χ2v) is 46.5. The maximum atomic E-state index is 14.5. The molecule has 0 saturated heterocycles. The van der Waals surface area contributed by atoms with E-state index in [1.54, 1.807) is 72.8 Å². The van der Waals surface area contributed by atoms with Gasteiger partial charge in [-0.3, -0.25) is 0 Å². The third kappa shape index (κ3) is 16.7. The van der Waals surface area contributed by atoms with E-state index in [1.807, 2.05) is 0 Å². The van der Waals surface area contributed by atoms with Crippen molar-refractivity contribution < 1.29 is 116 Å². The summed E-state index contributed by atoms with van der Waals surface area (Å²) < 4.78 is 61.7. The van der Waals surface area contributed by atoms with Gasteiger partial charge in [-0.2, -0.15) is 0 Å². The molecule has 17 aliphatic carbocycles. The van der Waals surface area contributed by atoms with E-state index in [9.17, 15) is 69.0 Å². The summed E-state index contributed by atoms with van der Waals surface area (Å²) in [6, 6.07) is 37.5. The fraction of sp³-hybridized carbons (Fsp3) is 0.517. The molecule has 0 spiro atoms. The van der Waals surface area contributed by atoms with Gasteiger partial charge < -0.3 is 78.0 Å². The lowest BCUT2D eigenvalue weighted by Gasteiger charge is -2.63. The van der Waals surface area contributed by atoms with Crippen LogP contribution in [-0.4, -0.2) is 141 Å². The number of carbonyl (C=O) groups excluding carboxylic acids is 8. The van der Waals surface area contributed by atoms with Crippen molar-refractivity contribution in [2.75, 3.05) is 40.6 Å². The highest BCUT2D eigenvalue weighted by molar-refractivity contribution is 5.93. The van der Waals surface area contributed by atoms with Gasteiger partial charge >= 0.3 is 47.8 Å². The third-order valence-corrected chi connectivity index (χ3v) is 36.9. The van der Waals surface area contributed by atoms with Crippen molar-refractivity contribution in [1.29, 1.82) is 0 Å². The number of ether oxygens (including phenoxy) is 10. The molecular formula is C116H128O24. The Bertz CT molecular complexity index is 5570. The Labute approximate surface area is 816 Å². The fourth-order valence-electron chi connectivity index (χ4n) is 32.0. The molecule has 25 rings (SSSR count). The number of aliphatic hydroxyl groups is 2. The lowest BCUT2D eigenvalue weighted by atomic mass is 9.45. The molecule has 24 nitrogen and oxygen atoms in total. The Morgan fingerprint density at radius 1 is 0.293 bits per heavy atom. The first-order chi connectivity index (χ1) is 66.8. The van der Waals surface area contributed by atoms with E-state index in [2.05, 4.69) is 55.4 Å². The number of aromatic hydroxyl groups is 4. The van der Waals surface area contributed by atoms with Gasteiger partial charge in [0.15, 0.2) is 26.4 Å². The van der Waals surface area contributed by atoms with Gasteiger partial charge in [0.2, 0.25) is 0 Å². The van der Waals surface area contributed by atoms with Gasteiger partial charge in [0, 0.05) is 69.2 Å². The molecule has 0 aliphatic heterocycles. The number of rotatable bonds is 24. The lowest BCUT2D eigenvalue weighted by Crippen LogP contribution is -2.61. The number of esters is 8. The highest BCUT2D eigenvalue weighted by Crippen LogP contribution is 2.70. The van der Waals surface area contributed by atoms with Gasteiger partial charge in [-0.15, -0.1) is 0 Å². The van der Waals surface area contributed by atoms with E-state index in [-0.39, 0.29) is 152 Å². The lowest BCUT2D eigenvalue weighted by molar-refractivity contribution is -0.223. The van der Waals surface area contributed by atoms with Crippen molar-refractivity contribution >= 4 is 47.8 Å². The van der Waals surface area contributed by atoms with Crippen LogP contribution in [-0.2, 0) is 70.3 Å². The van der Waals surface area contributed by atoms with E-state index >= 15 is 0 Å². The SMILES string of the molecule is COc1cc(O)c2cc1C(c1ccc(C(=O)OCC(=O)OC34CC5CC(CC(C)(C5)C3)C4C)cc1)c1cc(c(OC)cc1O)C(c1ccc(C(=O)OCC(=O)OC34CC5CC(CC(C)(C5)C3)C4C)cc1)c1cc(c(CO)cc1O)C(c1ccc(C(=O)OCC(=O)OC34CC5CC(CC(C)(C5)C3)C4C)cc1)c1cc(c(CO)cc1O)C2c1ccc(C(=O)OCC(=O)OC23CC4CC(CC(C)(C4)C2)C3C)cc1. The molecule has 16 fully saturated rings. The van der Waals surface area contributed by atoms with Crippen LogP contribution < -0.4 is 9.47 Å². The van der Waals surface area contributed by atoms with Crippen LogP contribution in [0.25, 0.3) is 0 Å². The Hall–Kier alpha value is -11.8. The molecule has 16 saturated carbocycles. The molecule has 24 bridgehead atoms. The molecule has 24 unspecified atom stereocenters. The predicted molar refractivity (Wildman–Crippen MR) is 513 cm³/mol. The zero-order valence-corrected chi connectivity index (χ0v) is 81.5. The van der Waals surface area contributed by atoms with Crippen LogP contribution in [0, 0.1) is 92.7 Å². The molecular weight excluding hydrogens is 1780 g/mol. The number of fused-ring (bicyclic) bond motifs is 8. The molecule has 8 aromatic carbocycles. The van der Waals surface area contributed by atoms with Crippen LogP contribution in [0.1, 0.15) is 327 Å². The number of benzene rings is 8. The van der Waals surface area contributed by atoms with E-state index in [4.69, 9.17) is 47.4 Å². The molecule has 736 valence electrons. The summed E-state index contributed by atoms with van der Waals surface area (Å²) in [6.45, 7) is 13.7. The van der Waals surface area contributed by atoms with Crippen LogP contribution in [0.15, 0.2) is 146 Å². The highest BCUT2D eigenvalue weighted by atomic mass is 16.6. The number of phenols is 4. The summed E-state index contributed by atoms with van der Waals surface area (Å²) in [7, 11) is 2.81. The number of hydrogen-bond acceptors (Lipinski definition) is 24. The number of phenolic OH excluding ortho intramolecular Hbond substituents is 4. The number of aliphatic hydroxyl groups excluding tert-OH is 2. The second kappa shape index (κ2) is 35.1. The number of methoxy groups -OCH3 is 2. The zero-order valence-electron chi connectivity index (χ0n) is 81.5. The monoisotopic (exact) mass is 1900 g/mol. The van der Waals surface area contributed by atoms with E-state index < -0.39 is 139 Å². The van der Waals surface area contributed by atoms with Gasteiger partial charge in [0.1, 0.15) is 56.9 Å². The van der Waals surface area contributed by atoms with Crippen LogP contribution in [0.3, 0.4) is 0 Å². The fourth-order valence-corrected chi connectivity index (χ4v) is 32.0. The van der Waals surface area contributed by atoms with Gasteiger partial charge in [-0.25, -0.2) is 38.4 Å². The average Bonchev–Trinajstić information content (AvgIpc) is 0.721. The maximum absolute atomic E-state index is 14.5. The molecule has 0 heterocycles. The summed E-state index contributed by atoms with van der Waals surface area (Å²) in [5.41, 5.74) is 1.01. The topological polar surface area (TPSA) is 350 Å². The Balaban J connectivity index is 0.687. The Morgan fingerprint density at radius 3 is 0.736 bits per heavy atom. The second-order valence-electron chi connectivity index (χ2n) is 46.5. The standard InChI is InChI=1S/C116H128O24/c1-61-77-27-65-39-109(5,47-77)57-113(61,43-65)137-97(123)53-133-105(127)73-19-11-69(12-20-73)101-84-34-86(92(120)32-82(84)52-118)103(71-15-23-75(24-16-71)107(129)135-55-99(125)139-115-45-67-29-79(63(115)3)49-111(7,41-67)59-115)90-36-88(94(122)38-96(90)132-10)104(72-17-25-76(26-18-72)108(130)136-56-100(126)140-116-46-68-30-80(64(116)4)50-112(8,42-68)60-116)89-35-87(93(121)37-95(89)131-9)102(83-33-85(101)91(119)31-81(83)51-117)70-13-21-74(22-14-70)106(128)134-54-98(124)138-114-44-66-28-78(62(114)2)48-110(6,40-66)58-114/h11-26,31-38,61-68,77-80,101-104,117-122H,27-30,39-60H2,1-10H3. The first kappa shape index (κ1) is 94.5. The molecule has 0 amide bonds. The summed E-state index contributed by atoms with van der Waals surface area (Å²) in [5, 5.41) is 77.1. The zero-order chi connectivity index (χ0) is 98.1. The van der Waals surface area contributed by atoms with Gasteiger partial charge in [0.25, 0.3) is 0 Å². The van der Waals surface area contributed by atoms with Crippen molar-refractivity contribution in [1.82, 2.24) is 0 Å². The van der Waals surface area contributed by atoms with Crippen molar-refractivity contribution in [3.8, 4) is 34.5 Å². The average molecular weight is 1910 g/mol. The molecule has 140 heavy (non-hydrogen) atoms. The Kier molecular flexibility index (Phi) is 23.7. The minimum Gasteiger partial charge on any atom is -0.508 e. The normalized spacial score (nSPS) is 33.7. The number of carbonyl (C=O) groups is 8. The smallest absolute Gasteiger partial charge is 0.344 e. The van der Waals surface area contributed by atoms with Gasteiger partial charge in [-0.1, -0.05) is 104 Å². The van der Waals surface area contributed by atoms with Crippen molar-refractivity contribution in [3.05, 3.63) is 246 Å². The molecule has 17 aliphatic rings. The quantitative estimate of drug-likeness (QED) is 0.0242. The van der Waals surface area contributed by atoms with E-state index in [1.165, 1.54) is 87.0 Å². The minimum atomic E-state index is -1.26. The van der Waals surface area contributed by atoms with Crippen molar-refractivity contribution in [2.24, 2.45) is 92.7 Å². The van der Waals surface area contributed by atoms with Gasteiger partial charge in [-0.05, 0) is 351 Å². The molecule has 0 radical (unpaired) electrons. The molecule has 24 heteroatoms.